The Hall–Kier alpha value is -7.11. The number of benzene rings is 6. The minimum Gasteiger partial charge on any atom is -0.355 e. The van der Waals surface area contributed by atoms with Crippen molar-refractivity contribution in [3.05, 3.63) is 179 Å². The van der Waals surface area contributed by atoms with Crippen molar-refractivity contribution in [1.29, 1.82) is 0 Å². The zero-order valence-corrected chi connectivity index (χ0v) is 35.5. The molecule has 3 heterocycles. The lowest BCUT2D eigenvalue weighted by atomic mass is 9.78. The van der Waals surface area contributed by atoms with E-state index in [1.807, 2.05) is 36.4 Å². The van der Waals surface area contributed by atoms with Gasteiger partial charge in [-0.3, -0.25) is 4.57 Å². The first kappa shape index (κ1) is 35.6. The highest BCUT2D eigenvalue weighted by atomic mass is 15.2. The van der Waals surface area contributed by atoms with Crippen LogP contribution in [-0.4, -0.2) is 24.5 Å². The van der Waals surface area contributed by atoms with Gasteiger partial charge in [-0.05, 0) is 119 Å². The Bertz CT molecular complexity index is 3490. The monoisotopic (exact) mass is 799 g/mol. The zero-order chi connectivity index (χ0) is 41.5. The largest absolute Gasteiger partial charge is 0.355 e. The molecule has 0 fully saturated rings. The number of aromatic nitrogens is 5. The van der Waals surface area contributed by atoms with Crippen molar-refractivity contribution < 1.29 is 0 Å². The van der Waals surface area contributed by atoms with E-state index in [-0.39, 0.29) is 10.8 Å². The molecule has 0 saturated carbocycles. The number of rotatable bonds is 4. The molecule has 6 aromatic carbocycles. The van der Waals surface area contributed by atoms with E-state index in [1.54, 1.807) is 5.57 Å². The molecule has 1 N–H and O–H groups in total. The quantitative estimate of drug-likeness (QED) is 0.193. The van der Waals surface area contributed by atoms with Gasteiger partial charge in [0.25, 0.3) is 0 Å². The summed E-state index contributed by atoms with van der Waals surface area (Å²) in [6.45, 7) is 9.59. The molecule has 3 aromatic heterocycles. The van der Waals surface area contributed by atoms with E-state index in [9.17, 15) is 0 Å². The molecule has 0 spiro atoms. The molecule has 0 unspecified atom stereocenters. The normalized spacial score (nSPS) is 17.1. The standard InChI is InChI=1S/C57H45N5/c1-56(2)45-21-13-11-19-37(45)39-29-42-41-27-35(23-25-49(41)58-50(42)31-47(39)56)36-24-26-51-43(28-36)44-30-40-38-20-12-14-22-46(38)57(3,4)48(40)32-52(44)62(51)55-60-53(33-15-7-5-8-16-33)59-54(61-55)34-17-9-6-10-18-34/h5-12,15-20,23-32,58H,13-14,21-22H2,1-4H3. The fourth-order valence-corrected chi connectivity index (χ4v) is 11.4. The fourth-order valence-electron chi connectivity index (χ4n) is 11.4. The zero-order valence-electron chi connectivity index (χ0n) is 35.5. The van der Waals surface area contributed by atoms with Gasteiger partial charge in [-0.25, -0.2) is 4.98 Å². The SMILES string of the molecule is CC1(C)C2=C(C=CCC2)c2cc3c(cc21)[nH]c1ccc(-c2ccc4c(c2)c2cc5c(cc2n4-c2nc(-c4ccccc4)nc(-c4ccccc4)n2)C(C)(C)C2=C5C=CCC2)cc13. The molecule has 13 rings (SSSR count). The Labute approximate surface area is 360 Å². The van der Waals surface area contributed by atoms with E-state index in [1.165, 1.54) is 77.2 Å². The highest BCUT2D eigenvalue weighted by molar-refractivity contribution is 6.14. The van der Waals surface area contributed by atoms with Gasteiger partial charge in [-0.1, -0.05) is 136 Å². The number of fused-ring (bicyclic) bond motifs is 10. The first-order valence-electron chi connectivity index (χ1n) is 22.1. The number of hydrogen-bond acceptors (Lipinski definition) is 3. The van der Waals surface area contributed by atoms with Crippen LogP contribution in [0.1, 0.15) is 75.6 Å². The molecule has 0 aliphatic heterocycles. The van der Waals surface area contributed by atoms with Crippen molar-refractivity contribution in [2.45, 2.75) is 64.2 Å². The van der Waals surface area contributed by atoms with E-state index in [0.29, 0.717) is 17.6 Å². The van der Waals surface area contributed by atoms with Gasteiger partial charge in [-0.15, -0.1) is 0 Å². The smallest absolute Gasteiger partial charge is 0.238 e. The van der Waals surface area contributed by atoms with Crippen LogP contribution in [0.15, 0.2) is 157 Å². The third kappa shape index (κ3) is 4.99. The van der Waals surface area contributed by atoms with Gasteiger partial charge >= 0.3 is 0 Å². The van der Waals surface area contributed by atoms with Gasteiger partial charge < -0.3 is 4.98 Å². The van der Waals surface area contributed by atoms with Gasteiger partial charge in [0.15, 0.2) is 11.6 Å². The summed E-state index contributed by atoms with van der Waals surface area (Å²) >= 11 is 0. The van der Waals surface area contributed by atoms with Crippen LogP contribution in [0, 0.1) is 0 Å². The predicted molar refractivity (Wildman–Crippen MR) is 256 cm³/mol. The number of aromatic amines is 1. The van der Waals surface area contributed by atoms with Crippen LogP contribution in [0.3, 0.4) is 0 Å². The summed E-state index contributed by atoms with van der Waals surface area (Å²) in [6.07, 6.45) is 13.8. The van der Waals surface area contributed by atoms with Crippen LogP contribution < -0.4 is 0 Å². The van der Waals surface area contributed by atoms with Gasteiger partial charge in [-0.2, -0.15) is 9.97 Å². The van der Waals surface area contributed by atoms with Crippen LogP contribution >= 0.6 is 0 Å². The molecule has 5 nitrogen and oxygen atoms in total. The lowest BCUT2D eigenvalue weighted by Gasteiger charge is -2.25. The summed E-state index contributed by atoms with van der Waals surface area (Å²) in [7, 11) is 0. The molecule has 9 aromatic rings. The average Bonchev–Trinajstić information content (AvgIpc) is 3.98. The lowest BCUT2D eigenvalue weighted by Crippen LogP contribution is -2.18. The van der Waals surface area contributed by atoms with Gasteiger partial charge in [0.2, 0.25) is 5.95 Å². The average molecular weight is 800 g/mol. The van der Waals surface area contributed by atoms with Crippen molar-refractivity contribution in [2.75, 3.05) is 0 Å². The van der Waals surface area contributed by atoms with E-state index >= 15 is 0 Å². The Balaban J connectivity index is 1.04. The summed E-state index contributed by atoms with van der Waals surface area (Å²) in [6, 6.07) is 44.2. The maximum atomic E-state index is 5.28. The highest BCUT2D eigenvalue weighted by Crippen LogP contribution is 2.53. The predicted octanol–water partition coefficient (Wildman–Crippen LogP) is 14.4. The Morgan fingerprint density at radius 2 is 1.02 bits per heavy atom. The van der Waals surface area contributed by atoms with Gasteiger partial charge in [0.05, 0.1) is 11.0 Å². The van der Waals surface area contributed by atoms with Crippen LogP contribution in [-0.2, 0) is 10.8 Å². The van der Waals surface area contributed by atoms with Crippen LogP contribution in [0.4, 0.5) is 0 Å². The number of H-pyrrole nitrogens is 1. The summed E-state index contributed by atoms with van der Waals surface area (Å²) in [5.74, 6) is 1.91. The minimum atomic E-state index is -0.0877. The second kappa shape index (κ2) is 12.7. The maximum absolute atomic E-state index is 5.28. The molecule has 4 aliphatic carbocycles. The van der Waals surface area contributed by atoms with Crippen LogP contribution in [0.2, 0.25) is 0 Å². The number of nitrogens with one attached hydrogen (secondary N) is 1. The van der Waals surface area contributed by atoms with E-state index in [0.717, 1.165) is 53.4 Å². The molecule has 0 amide bonds. The third-order valence-electron chi connectivity index (χ3n) is 14.6. The molecule has 0 bridgehead atoms. The van der Waals surface area contributed by atoms with E-state index < -0.39 is 0 Å². The topological polar surface area (TPSA) is 59.4 Å². The molecular weight excluding hydrogens is 755 g/mol. The summed E-state index contributed by atoms with van der Waals surface area (Å²) in [5, 5.41) is 4.91. The molecular formula is C57H45N5. The Morgan fingerprint density at radius 1 is 0.484 bits per heavy atom. The van der Waals surface area contributed by atoms with Gasteiger partial charge in [0, 0.05) is 54.5 Å². The van der Waals surface area contributed by atoms with Gasteiger partial charge in [0.1, 0.15) is 0 Å². The van der Waals surface area contributed by atoms with E-state index in [4.69, 9.17) is 15.0 Å². The second-order valence-electron chi connectivity index (χ2n) is 18.7. The molecule has 62 heavy (non-hydrogen) atoms. The van der Waals surface area contributed by atoms with Crippen LogP contribution in [0.5, 0.6) is 0 Å². The summed E-state index contributed by atoms with van der Waals surface area (Å²) < 4.78 is 2.28. The Kier molecular flexibility index (Phi) is 7.31. The molecule has 5 heteroatoms. The number of allylic oxidation sites excluding steroid dienone is 8. The first-order valence-corrected chi connectivity index (χ1v) is 22.1. The molecule has 0 radical (unpaired) electrons. The first-order chi connectivity index (χ1) is 30.2. The molecule has 4 aliphatic rings. The highest BCUT2D eigenvalue weighted by Gasteiger charge is 2.39. The van der Waals surface area contributed by atoms with Crippen molar-refractivity contribution >= 4 is 54.8 Å². The number of hydrogen-bond donors (Lipinski definition) is 1. The number of nitrogens with zero attached hydrogens (tertiary/aromatic N) is 4. The second-order valence-corrected chi connectivity index (χ2v) is 18.7. The Morgan fingerprint density at radius 3 is 1.65 bits per heavy atom. The lowest BCUT2D eigenvalue weighted by molar-refractivity contribution is 0.608. The van der Waals surface area contributed by atoms with Crippen molar-refractivity contribution in [3.8, 4) is 39.9 Å². The summed E-state index contributed by atoms with van der Waals surface area (Å²) in [4.78, 5) is 19.4. The maximum Gasteiger partial charge on any atom is 0.238 e. The fraction of sp³-hybridized carbons (Fsp3) is 0.175. The van der Waals surface area contributed by atoms with Crippen molar-refractivity contribution in [3.63, 3.8) is 0 Å². The van der Waals surface area contributed by atoms with Crippen LogP contribution in [0.25, 0.3) is 94.6 Å². The van der Waals surface area contributed by atoms with Crippen molar-refractivity contribution in [1.82, 2.24) is 24.5 Å². The molecule has 298 valence electrons. The minimum absolute atomic E-state index is 0.0371. The molecule has 0 atom stereocenters. The van der Waals surface area contributed by atoms with E-state index in [2.05, 4.69) is 146 Å². The van der Waals surface area contributed by atoms with Crippen molar-refractivity contribution in [2.24, 2.45) is 0 Å². The molecule has 0 saturated heterocycles. The summed E-state index contributed by atoms with van der Waals surface area (Å²) in [5.41, 5.74) is 20.2. The third-order valence-corrected chi connectivity index (χ3v) is 14.6.